The van der Waals surface area contributed by atoms with E-state index in [0.29, 0.717) is 21.6 Å². The number of aromatic amines is 1. The molecular formula is C18H15ClF4N6O2. The number of amides is 1. The minimum Gasteiger partial charge on any atom is -0.391 e. The number of aliphatic hydroxyl groups excluding tert-OH is 1. The summed E-state index contributed by atoms with van der Waals surface area (Å²) in [7, 11) is 0. The van der Waals surface area contributed by atoms with E-state index in [1.165, 1.54) is 6.20 Å². The standard InChI is InChI=1S/C18H15ClF4N6O2/c19-8-1-10-11(4-25-14(10)24-3-8)15-26-5-12(20)16(28-15)29-6-9(30)2-13(29)17(31)27-7-18(21,22)23/h1,3-5,9,13,30H,2,6-7H2,(H,24,25)(H,27,31)/t9-,13-/m0/s1. The van der Waals surface area contributed by atoms with Crippen molar-refractivity contribution in [3.8, 4) is 11.4 Å². The van der Waals surface area contributed by atoms with Crippen LogP contribution in [0.4, 0.5) is 23.4 Å². The highest BCUT2D eigenvalue weighted by Gasteiger charge is 2.39. The van der Waals surface area contributed by atoms with Gasteiger partial charge in [0.1, 0.15) is 18.2 Å². The number of aliphatic hydroxyl groups is 1. The zero-order chi connectivity index (χ0) is 22.3. The minimum atomic E-state index is -4.60. The Morgan fingerprint density at radius 1 is 1.35 bits per heavy atom. The molecule has 0 radical (unpaired) electrons. The summed E-state index contributed by atoms with van der Waals surface area (Å²) in [5.41, 5.74) is 0.957. The molecule has 31 heavy (non-hydrogen) atoms. The van der Waals surface area contributed by atoms with E-state index in [0.717, 1.165) is 11.1 Å². The lowest BCUT2D eigenvalue weighted by molar-refractivity contribution is -0.139. The molecule has 0 aliphatic carbocycles. The fourth-order valence-corrected chi connectivity index (χ4v) is 3.61. The second kappa shape index (κ2) is 7.93. The normalized spacial score (nSPS) is 19.2. The van der Waals surface area contributed by atoms with Gasteiger partial charge in [-0.25, -0.2) is 19.3 Å². The Bertz CT molecular complexity index is 1140. The first-order valence-electron chi connectivity index (χ1n) is 9.07. The van der Waals surface area contributed by atoms with Gasteiger partial charge in [-0.05, 0) is 6.07 Å². The number of halogens is 5. The lowest BCUT2D eigenvalue weighted by atomic mass is 10.2. The summed E-state index contributed by atoms with van der Waals surface area (Å²) < 4.78 is 51.9. The molecule has 4 heterocycles. The Kier molecular flexibility index (Phi) is 5.43. The van der Waals surface area contributed by atoms with Gasteiger partial charge in [0, 0.05) is 36.3 Å². The van der Waals surface area contributed by atoms with Crippen molar-refractivity contribution in [3.63, 3.8) is 0 Å². The van der Waals surface area contributed by atoms with Crippen molar-refractivity contribution >= 4 is 34.4 Å². The number of aromatic nitrogens is 4. The number of anilines is 1. The van der Waals surface area contributed by atoms with Crippen LogP contribution < -0.4 is 10.2 Å². The first kappa shape index (κ1) is 21.2. The lowest BCUT2D eigenvalue weighted by Crippen LogP contribution is -2.46. The molecule has 164 valence electrons. The van der Waals surface area contributed by atoms with Crippen LogP contribution in [0, 0.1) is 5.82 Å². The zero-order valence-corrected chi connectivity index (χ0v) is 16.4. The predicted octanol–water partition coefficient (Wildman–Crippen LogP) is 2.43. The Morgan fingerprint density at radius 2 is 2.13 bits per heavy atom. The number of hydrogen-bond donors (Lipinski definition) is 3. The monoisotopic (exact) mass is 458 g/mol. The molecule has 0 spiro atoms. The Morgan fingerprint density at radius 3 is 2.87 bits per heavy atom. The van der Waals surface area contributed by atoms with Crippen LogP contribution in [0.3, 0.4) is 0 Å². The molecule has 0 unspecified atom stereocenters. The maximum atomic E-state index is 14.6. The summed E-state index contributed by atoms with van der Waals surface area (Å²) >= 11 is 5.99. The van der Waals surface area contributed by atoms with Crippen molar-refractivity contribution in [2.45, 2.75) is 24.7 Å². The summed E-state index contributed by atoms with van der Waals surface area (Å²) in [6, 6.07) is 0.392. The van der Waals surface area contributed by atoms with Crippen LogP contribution >= 0.6 is 11.6 Å². The molecule has 3 N–H and O–H groups in total. The average molecular weight is 459 g/mol. The molecule has 2 atom stereocenters. The van der Waals surface area contributed by atoms with Crippen LogP contribution in [0.5, 0.6) is 0 Å². The number of pyridine rings is 1. The van der Waals surface area contributed by atoms with Gasteiger partial charge in [-0.3, -0.25) is 4.79 Å². The Labute approximate surface area is 177 Å². The average Bonchev–Trinajstić information content (AvgIpc) is 3.29. The Balaban J connectivity index is 1.68. The molecule has 13 heteroatoms. The van der Waals surface area contributed by atoms with E-state index < -0.39 is 36.6 Å². The quantitative estimate of drug-likeness (QED) is 0.518. The number of H-pyrrole nitrogens is 1. The SMILES string of the molecule is O=C(NCC(F)(F)F)[C@@H]1C[C@H](O)CN1c1nc(-c2c[nH]c3ncc(Cl)cc23)ncc1F. The number of β-amino-alcohol motifs (C(OH)–C–C–N with tert-alkyl or cyclic N) is 1. The van der Waals surface area contributed by atoms with Crippen LogP contribution in [-0.4, -0.2) is 62.4 Å². The summed E-state index contributed by atoms with van der Waals surface area (Å²) in [4.78, 5) is 28.6. The highest BCUT2D eigenvalue weighted by molar-refractivity contribution is 6.31. The van der Waals surface area contributed by atoms with E-state index >= 15 is 0 Å². The van der Waals surface area contributed by atoms with Gasteiger partial charge in [0.05, 0.1) is 17.3 Å². The Hall–Kier alpha value is -2.99. The lowest BCUT2D eigenvalue weighted by Gasteiger charge is -2.25. The smallest absolute Gasteiger partial charge is 0.391 e. The van der Waals surface area contributed by atoms with Crippen molar-refractivity contribution in [1.29, 1.82) is 0 Å². The predicted molar refractivity (Wildman–Crippen MR) is 103 cm³/mol. The van der Waals surface area contributed by atoms with E-state index in [4.69, 9.17) is 11.6 Å². The van der Waals surface area contributed by atoms with Gasteiger partial charge >= 0.3 is 6.18 Å². The van der Waals surface area contributed by atoms with Crippen molar-refractivity contribution in [2.24, 2.45) is 0 Å². The van der Waals surface area contributed by atoms with Crippen molar-refractivity contribution in [1.82, 2.24) is 25.3 Å². The summed E-state index contributed by atoms with van der Waals surface area (Å²) in [5.74, 6) is -2.10. The molecule has 0 saturated carbocycles. The highest BCUT2D eigenvalue weighted by atomic mass is 35.5. The number of nitrogens with one attached hydrogen (secondary N) is 2. The number of carbonyl (C=O) groups excluding carboxylic acids is 1. The van der Waals surface area contributed by atoms with Crippen LogP contribution in [0.15, 0.2) is 24.7 Å². The number of alkyl halides is 3. The molecule has 3 aromatic rings. The van der Waals surface area contributed by atoms with Crippen molar-refractivity contribution in [3.05, 3.63) is 35.5 Å². The first-order valence-corrected chi connectivity index (χ1v) is 9.45. The van der Waals surface area contributed by atoms with E-state index in [1.54, 1.807) is 17.6 Å². The fourth-order valence-electron chi connectivity index (χ4n) is 3.45. The second-order valence-electron chi connectivity index (χ2n) is 7.01. The van der Waals surface area contributed by atoms with Crippen LogP contribution in [-0.2, 0) is 4.79 Å². The third-order valence-corrected chi connectivity index (χ3v) is 4.99. The van der Waals surface area contributed by atoms with Gasteiger partial charge < -0.3 is 20.3 Å². The minimum absolute atomic E-state index is 0.0857. The highest BCUT2D eigenvalue weighted by Crippen LogP contribution is 2.31. The summed E-state index contributed by atoms with van der Waals surface area (Å²) in [5, 5.41) is 12.7. The van der Waals surface area contributed by atoms with Gasteiger partial charge in [0.2, 0.25) is 5.91 Å². The summed E-state index contributed by atoms with van der Waals surface area (Å²) in [6.45, 7) is -1.72. The van der Waals surface area contributed by atoms with Crippen LogP contribution in [0.2, 0.25) is 5.02 Å². The largest absolute Gasteiger partial charge is 0.405 e. The van der Waals surface area contributed by atoms with Crippen LogP contribution in [0.25, 0.3) is 22.4 Å². The van der Waals surface area contributed by atoms with E-state index in [2.05, 4.69) is 19.9 Å². The third-order valence-electron chi connectivity index (χ3n) is 4.78. The fraction of sp³-hybridized carbons (Fsp3) is 0.333. The molecular weight excluding hydrogens is 444 g/mol. The van der Waals surface area contributed by atoms with Gasteiger partial charge in [0.15, 0.2) is 17.5 Å². The number of fused-ring (bicyclic) bond motifs is 1. The maximum Gasteiger partial charge on any atom is 0.405 e. The third kappa shape index (κ3) is 4.39. The van der Waals surface area contributed by atoms with Gasteiger partial charge in [-0.2, -0.15) is 13.2 Å². The molecule has 1 amide bonds. The van der Waals surface area contributed by atoms with E-state index in [9.17, 15) is 27.5 Å². The second-order valence-corrected chi connectivity index (χ2v) is 7.44. The number of nitrogens with zero attached hydrogens (tertiary/aromatic N) is 4. The van der Waals surface area contributed by atoms with Gasteiger partial charge in [-0.1, -0.05) is 11.6 Å². The van der Waals surface area contributed by atoms with Gasteiger partial charge in [0.25, 0.3) is 0 Å². The van der Waals surface area contributed by atoms with Gasteiger partial charge in [-0.15, -0.1) is 0 Å². The topological polar surface area (TPSA) is 107 Å². The molecule has 0 bridgehead atoms. The number of carbonyl (C=O) groups is 1. The van der Waals surface area contributed by atoms with Crippen molar-refractivity contribution < 1.29 is 27.5 Å². The molecule has 1 aliphatic rings. The van der Waals surface area contributed by atoms with Crippen molar-refractivity contribution in [2.75, 3.05) is 18.0 Å². The zero-order valence-electron chi connectivity index (χ0n) is 15.6. The number of rotatable bonds is 4. The molecule has 4 rings (SSSR count). The molecule has 8 nitrogen and oxygen atoms in total. The molecule has 1 fully saturated rings. The molecule has 0 aromatic carbocycles. The number of hydrogen-bond acceptors (Lipinski definition) is 6. The van der Waals surface area contributed by atoms with E-state index in [-0.39, 0.29) is 24.6 Å². The van der Waals surface area contributed by atoms with E-state index in [1.807, 2.05) is 0 Å². The molecule has 3 aromatic heterocycles. The van der Waals surface area contributed by atoms with Crippen LogP contribution in [0.1, 0.15) is 6.42 Å². The molecule has 1 aliphatic heterocycles. The maximum absolute atomic E-state index is 14.6. The molecule has 1 saturated heterocycles. The summed E-state index contributed by atoms with van der Waals surface area (Å²) in [6.07, 6.45) is -1.93. The first-order chi connectivity index (χ1) is 14.6.